The van der Waals surface area contributed by atoms with E-state index in [0.29, 0.717) is 34.8 Å². The van der Waals surface area contributed by atoms with Gasteiger partial charge in [0.25, 0.3) is 11.8 Å². The number of benzene rings is 3. The molecule has 1 aliphatic heterocycles. The number of urea groups is 1. The Hall–Kier alpha value is -5.16. The molecular formula is C32H38N8O3. The average Bonchev–Trinajstić information content (AvgIpc) is 3.21. The molecule has 0 aromatic heterocycles. The summed E-state index contributed by atoms with van der Waals surface area (Å²) in [6.07, 6.45) is 0. The maximum Gasteiger partial charge on any atom is 0.318 e. The van der Waals surface area contributed by atoms with E-state index >= 15 is 0 Å². The van der Waals surface area contributed by atoms with Crippen molar-refractivity contribution in [2.24, 2.45) is 5.73 Å². The summed E-state index contributed by atoms with van der Waals surface area (Å²) in [5.74, 6) is -1.10. The first-order chi connectivity index (χ1) is 20.4. The molecule has 0 fully saturated rings. The number of nitrogens with one attached hydrogen (secondary N) is 4. The molecule has 3 aromatic carbocycles. The Morgan fingerprint density at radius 2 is 1.60 bits per heavy atom. The molecule has 0 bridgehead atoms. The van der Waals surface area contributed by atoms with Crippen molar-refractivity contribution in [1.82, 2.24) is 20.4 Å². The topological polar surface area (TPSA) is 170 Å². The summed E-state index contributed by atoms with van der Waals surface area (Å²) in [5, 5.41) is 17.1. The number of nitrogen functional groups attached to an aromatic ring is 1. The number of hydrogen-bond acceptors (Lipinski definition) is 7. The summed E-state index contributed by atoms with van der Waals surface area (Å²) in [4.78, 5) is 42.8. The van der Waals surface area contributed by atoms with E-state index in [1.165, 1.54) is 6.07 Å². The largest absolute Gasteiger partial charge is 0.400 e. The first-order valence-corrected chi connectivity index (χ1v) is 13.8. The van der Waals surface area contributed by atoms with Gasteiger partial charge < -0.3 is 37.2 Å². The molecule has 8 N–H and O–H groups in total. The van der Waals surface area contributed by atoms with Crippen LogP contribution in [-0.4, -0.2) is 66.2 Å². The molecule has 0 radical (unpaired) electrons. The smallest absolute Gasteiger partial charge is 0.318 e. The lowest BCUT2D eigenvalue weighted by Crippen LogP contribution is -2.52. The van der Waals surface area contributed by atoms with Gasteiger partial charge in [0.1, 0.15) is 5.84 Å². The van der Waals surface area contributed by atoms with Crippen molar-refractivity contribution in [3.05, 3.63) is 107 Å². The van der Waals surface area contributed by atoms with Crippen LogP contribution < -0.4 is 27.4 Å². The zero-order valence-electron chi connectivity index (χ0n) is 24.8. The van der Waals surface area contributed by atoms with E-state index < -0.39 is 11.4 Å². The molecule has 0 spiro atoms. The van der Waals surface area contributed by atoms with Crippen LogP contribution in [0, 0.1) is 5.41 Å². The number of carbonyl (C=O) groups excluding carboxylic acids is 3. The van der Waals surface area contributed by atoms with Crippen LogP contribution in [0.15, 0.2) is 90.1 Å². The van der Waals surface area contributed by atoms with Crippen LogP contribution in [-0.2, 0) is 0 Å². The van der Waals surface area contributed by atoms with Crippen LogP contribution in [0.1, 0.15) is 46.2 Å². The lowest BCUT2D eigenvalue weighted by molar-refractivity contribution is 0.0974. The van der Waals surface area contributed by atoms with Crippen molar-refractivity contribution in [3.63, 3.8) is 0 Å². The molecule has 3 aromatic rings. The number of likely N-dealkylation sites (N-methyl/N-ethyl adjacent to an activating group) is 1. The molecule has 0 aliphatic carbocycles. The van der Waals surface area contributed by atoms with Gasteiger partial charge in [-0.05, 0) is 76.0 Å². The van der Waals surface area contributed by atoms with E-state index in [0.717, 1.165) is 5.56 Å². The molecule has 1 heterocycles. The second-order valence-corrected chi connectivity index (χ2v) is 11.2. The second-order valence-electron chi connectivity index (χ2n) is 11.2. The van der Waals surface area contributed by atoms with Gasteiger partial charge in [-0.1, -0.05) is 36.4 Å². The molecule has 1 aliphatic rings. The highest BCUT2D eigenvalue weighted by Crippen LogP contribution is 2.32. The number of rotatable bonds is 8. The Kier molecular flexibility index (Phi) is 9.15. The third-order valence-corrected chi connectivity index (χ3v) is 7.36. The first-order valence-electron chi connectivity index (χ1n) is 13.8. The normalized spacial score (nSPS) is 14.8. The Balaban J connectivity index is 1.43. The Morgan fingerprint density at radius 1 is 0.930 bits per heavy atom. The number of nitrogens with zero attached hydrogens (tertiary/aromatic N) is 2. The van der Waals surface area contributed by atoms with E-state index in [1.807, 2.05) is 49.3 Å². The van der Waals surface area contributed by atoms with Crippen molar-refractivity contribution in [1.29, 1.82) is 5.41 Å². The number of amidine groups is 1. The van der Waals surface area contributed by atoms with Gasteiger partial charge in [-0.25, -0.2) is 4.79 Å². The van der Waals surface area contributed by atoms with Crippen molar-refractivity contribution < 1.29 is 14.4 Å². The van der Waals surface area contributed by atoms with Gasteiger partial charge in [0.15, 0.2) is 0 Å². The monoisotopic (exact) mass is 582 g/mol. The van der Waals surface area contributed by atoms with Crippen LogP contribution >= 0.6 is 0 Å². The second kappa shape index (κ2) is 12.8. The van der Waals surface area contributed by atoms with Crippen molar-refractivity contribution >= 4 is 35.1 Å². The van der Waals surface area contributed by atoms with E-state index in [4.69, 9.17) is 16.9 Å². The van der Waals surface area contributed by atoms with Crippen LogP contribution in [0.2, 0.25) is 0 Å². The maximum absolute atomic E-state index is 13.5. The Labute approximate surface area is 251 Å². The van der Waals surface area contributed by atoms with E-state index in [2.05, 4.69) is 16.0 Å². The van der Waals surface area contributed by atoms with E-state index in [-0.39, 0.29) is 35.9 Å². The van der Waals surface area contributed by atoms with Gasteiger partial charge in [0, 0.05) is 40.3 Å². The zero-order chi connectivity index (χ0) is 31.3. The highest BCUT2D eigenvalue weighted by Gasteiger charge is 2.43. The summed E-state index contributed by atoms with van der Waals surface area (Å²) in [6, 6.07) is 22.0. The summed E-state index contributed by atoms with van der Waals surface area (Å²) in [7, 11) is 3.88. The predicted molar refractivity (Wildman–Crippen MR) is 169 cm³/mol. The van der Waals surface area contributed by atoms with Crippen molar-refractivity contribution in [2.75, 3.05) is 38.2 Å². The average molecular weight is 583 g/mol. The number of carbonyl (C=O) groups is 3. The summed E-state index contributed by atoms with van der Waals surface area (Å²) >= 11 is 0. The Morgan fingerprint density at radius 3 is 2.26 bits per heavy atom. The molecule has 11 nitrogen and oxygen atoms in total. The third-order valence-electron chi connectivity index (χ3n) is 7.36. The summed E-state index contributed by atoms with van der Waals surface area (Å²) in [5.41, 5.74) is 14.5. The minimum absolute atomic E-state index is 0.0466. The molecule has 4 rings (SSSR count). The molecule has 0 saturated carbocycles. The highest BCUT2D eigenvalue weighted by molar-refractivity contribution is 6.13. The van der Waals surface area contributed by atoms with Gasteiger partial charge in [-0.2, -0.15) is 0 Å². The fourth-order valence-corrected chi connectivity index (χ4v) is 4.84. The van der Waals surface area contributed by atoms with Crippen molar-refractivity contribution in [3.8, 4) is 0 Å². The lowest BCUT2D eigenvalue weighted by Gasteiger charge is -2.35. The fourth-order valence-electron chi connectivity index (χ4n) is 4.84. The number of amides is 4. The number of nitrogens with two attached hydrogens (primary N) is 2. The summed E-state index contributed by atoms with van der Waals surface area (Å²) < 4.78 is 0. The number of anilines is 2. The molecule has 224 valence electrons. The Bertz CT molecular complexity index is 1550. The molecular weight excluding hydrogens is 544 g/mol. The quantitative estimate of drug-likeness (QED) is 0.135. The maximum atomic E-state index is 13.5. The number of hydrogen-bond donors (Lipinski definition) is 6. The fraction of sp³-hybridized carbons (Fsp3) is 0.250. The minimum Gasteiger partial charge on any atom is -0.400 e. The van der Waals surface area contributed by atoms with Gasteiger partial charge >= 0.3 is 6.03 Å². The van der Waals surface area contributed by atoms with Crippen LogP contribution in [0.25, 0.3) is 0 Å². The highest BCUT2D eigenvalue weighted by atomic mass is 16.2. The predicted octanol–water partition coefficient (Wildman–Crippen LogP) is 3.55. The molecule has 0 unspecified atom stereocenters. The lowest BCUT2D eigenvalue weighted by atomic mass is 10.00. The zero-order valence-corrected chi connectivity index (χ0v) is 24.8. The molecule has 1 atom stereocenters. The van der Waals surface area contributed by atoms with Crippen LogP contribution in [0.5, 0.6) is 0 Å². The molecule has 0 saturated heterocycles. The molecule has 4 amide bonds. The molecule has 11 heteroatoms. The standard InChI is InChI=1S/C32H38N8O3/c1-32(2)27(34)25(18-40(32)31(43)37-26(19-39(3)4)20-9-6-5-7-10-20)28(35)38-30(42)22-11-8-12-24(17-22)36-29(41)21-13-15-23(33)16-14-21/h5-17,26H,18-19,33-34H2,1-4H3,(H,36,41)(H,37,43)(H2,35,38,42)/t26-/m1/s1. The first kappa shape index (κ1) is 30.8. The van der Waals surface area contributed by atoms with Gasteiger partial charge in [0.05, 0.1) is 18.1 Å². The van der Waals surface area contributed by atoms with Gasteiger partial charge in [0.2, 0.25) is 0 Å². The summed E-state index contributed by atoms with van der Waals surface area (Å²) in [6.45, 7) is 4.25. The SMILES string of the molecule is CN(C)C[C@@H](NC(=O)N1CC(C(=N)NC(=O)c2cccc(NC(=O)c3ccc(N)cc3)c2)=C(N)C1(C)C)c1ccccc1. The van der Waals surface area contributed by atoms with Crippen molar-refractivity contribution in [2.45, 2.75) is 25.4 Å². The van der Waals surface area contributed by atoms with E-state index in [1.54, 1.807) is 61.2 Å². The molecule has 43 heavy (non-hydrogen) atoms. The minimum atomic E-state index is -0.901. The van der Waals surface area contributed by atoms with Gasteiger partial charge in [-0.15, -0.1) is 0 Å². The third kappa shape index (κ3) is 7.19. The van der Waals surface area contributed by atoms with Crippen LogP contribution in [0.3, 0.4) is 0 Å². The van der Waals surface area contributed by atoms with E-state index in [9.17, 15) is 14.4 Å². The van der Waals surface area contributed by atoms with Crippen LogP contribution in [0.4, 0.5) is 16.2 Å². The van der Waals surface area contributed by atoms with Gasteiger partial charge in [-0.3, -0.25) is 15.0 Å².